The lowest BCUT2D eigenvalue weighted by Gasteiger charge is -2.35. The zero-order valence-electron chi connectivity index (χ0n) is 14.0. The number of benzene rings is 1. The summed E-state index contributed by atoms with van der Waals surface area (Å²) < 4.78 is 15.6. The molecule has 10 heteroatoms. The summed E-state index contributed by atoms with van der Waals surface area (Å²) in [4.78, 5) is 27.1. The lowest BCUT2D eigenvalue weighted by atomic mass is 10.2. The van der Waals surface area contributed by atoms with Crippen LogP contribution in [0.1, 0.15) is 0 Å². The molecule has 0 aliphatic carbocycles. The minimum atomic E-state index is -0.532. The Bertz CT molecular complexity index is 1080. The second-order valence-corrected chi connectivity index (χ2v) is 6.41. The molecule has 0 radical (unpaired) electrons. The zero-order chi connectivity index (χ0) is 18.5. The first kappa shape index (κ1) is 15.7. The monoisotopic (exact) mass is 367 g/mol. The van der Waals surface area contributed by atoms with Crippen molar-refractivity contribution in [3.05, 3.63) is 42.2 Å². The smallest absolute Gasteiger partial charge is 0.324 e. The molecule has 1 atom stereocenters. The number of carbonyl (C=O) groups is 2. The minimum absolute atomic E-state index is 0.303. The Balaban J connectivity index is 1.52. The van der Waals surface area contributed by atoms with Gasteiger partial charge >= 0.3 is 6.03 Å². The number of hydrogen-bond acceptors (Lipinski definition) is 6. The number of hydrogen-bond donors (Lipinski definition) is 1. The fraction of sp³-hybridized carbons (Fsp3) is 0.235. The van der Waals surface area contributed by atoms with Crippen molar-refractivity contribution in [3.8, 4) is 11.4 Å². The molecule has 5 rings (SSSR count). The van der Waals surface area contributed by atoms with E-state index >= 15 is 0 Å². The Labute approximate surface area is 152 Å². The summed E-state index contributed by atoms with van der Waals surface area (Å²) in [7, 11) is 0. The van der Waals surface area contributed by atoms with Crippen LogP contribution in [0.4, 0.5) is 15.0 Å². The van der Waals surface area contributed by atoms with Crippen molar-refractivity contribution in [1.29, 1.82) is 0 Å². The summed E-state index contributed by atoms with van der Waals surface area (Å²) in [6.07, 6.45) is 0. The molecule has 2 saturated heterocycles. The molecule has 27 heavy (non-hydrogen) atoms. The van der Waals surface area contributed by atoms with Gasteiger partial charge in [-0.05, 0) is 24.3 Å². The highest BCUT2D eigenvalue weighted by molar-refractivity contribution is 6.04. The fourth-order valence-electron chi connectivity index (χ4n) is 3.48. The molecule has 3 aromatic rings. The van der Waals surface area contributed by atoms with E-state index in [0.29, 0.717) is 42.5 Å². The third kappa shape index (κ3) is 2.40. The molecule has 1 N–H and O–H groups in total. The Morgan fingerprint density at radius 3 is 2.78 bits per heavy atom. The van der Waals surface area contributed by atoms with E-state index in [4.69, 9.17) is 0 Å². The number of imide groups is 1. The minimum Gasteiger partial charge on any atom is -0.351 e. The van der Waals surface area contributed by atoms with Crippen LogP contribution in [0.5, 0.6) is 0 Å². The molecular formula is C17H14FN7O2. The molecule has 1 unspecified atom stereocenters. The molecule has 1 aromatic carbocycles. The predicted molar refractivity (Wildman–Crippen MR) is 92.4 cm³/mol. The van der Waals surface area contributed by atoms with E-state index < -0.39 is 11.9 Å². The van der Waals surface area contributed by atoms with E-state index in [1.54, 1.807) is 30.3 Å². The number of fused-ring (bicyclic) bond motifs is 2. The van der Waals surface area contributed by atoms with Crippen molar-refractivity contribution >= 4 is 23.4 Å². The van der Waals surface area contributed by atoms with Crippen LogP contribution in [-0.2, 0) is 4.79 Å². The van der Waals surface area contributed by atoms with Crippen molar-refractivity contribution in [2.75, 3.05) is 24.5 Å². The molecule has 4 heterocycles. The summed E-state index contributed by atoms with van der Waals surface area (Å²) in [6, 6.07) is 8.94. The van der Waals surface area contributed by atoms with Crippen LogP contribution in [0.25, 0.3) is 17.0 Å². The van der Waals surface area contributed by atoms with E-state index in [0.717, 1.165) is 0 Å². The van der Waals surface area contributed by atoms with Gasteiger partial charge in [0.2, 0.25) is 0 Å². The van der Waals surface area contributed by atoms with Gasteiger partial charge in [-0.25, -0.2) is 9.18 Å². The van der Waals surface area contributed by atoms with Crippen LogP contribution in [0.15, 0.2) is 36.4 Å². The van der Waals surface area contributed by atoms with Crippen molar-refractivity contribution < 1.29 is 14.0 Å². The standard InChI is InChI=1S/C17H14FN7O2/c18-11-4-2-1-3-10(11)15-21-20-13-5-6-14(22-25(13)15)23-7-8-24-12(9-23)16(26)19-17(24)27/h1-6,12H,7-9H2,(H,19,26,27). The molecule has 9 nitrogen and oxygen atoms in total. The average molecular weight is 367 g/mol. The van der Waals surface area contributed by atoms with Gasteiger partial charge in [0, 0.05) is 19.6 Å². The van der Waals surface area contributed by atoms with Crippen LogP contribution < -0.4 is 10.2 Å². The van der Waals surface area contributed by atoms with Gasteiger partial charge in [-0.3, -0.25) is 10.1 Å². The Morgan fingerprint density at radius 2 is 1.93 bits per heavy atom. The summed E-state index contributed by atoms with van der Waals surface area (Å²) in [6.45, 7) is 1.30. The SMILES string of the molecule is O=C1NC(=O)N2CCN(c3ccc4nnc(-c5ccccc5F)n4n3)CC12. The molecular weight excluding hydrogens is 353 g/mol. The van der Waals surface area contributed by atoms with Gasteiger partial charge in [-0.1, -0.05) is 12.1 Å². The van der Waals surface area contributed by atoms with E-state index in [1.165, 1.54) is 15.5 Å². The van der Waals surface area contributed by atoms with Crippen LogP contribution in [-0.4, -0.2) is 62.3 Å². The average Bonchev–Trinajstić information content (AvgIpc) is 3.22. The molecule has 3 amide bonds. The molecule has 2 fully saturated rings. The van der Waals surface area contributed by atoms with E-state index in [-0.39, 0.29) is 11.9 Å². The summed E-state index contributed by atoms with van der Waals surface area (Å²) >= 11 is 0. The van der Waals surface area contributed by atoms with Crippen LogP contribution >= 0.6 is 0 Å². The number of rotatable bonds is 2. The van der Waals surface area contributed by atoms with Crippen LogP contribution in [0.3, 0.4) is 0 Å². The highest BCUT2D eigenvalue weighted by atomic mass is 19.1. The predicted octanol–water partition coefficient (Wildman–Crippen LogP) is 0.671. The lowest BCUT2D eigenvalue weighted by molar-refractivity contribution is -0.121. The molecule has 0 bridgehead atoms. The first-order valence-electron chi connectivity index (χ1n) is 8.45. The van der Waals surface area contributed by atoms with E-state index in [2.05, 4.69) is 20.6 Å². The number of nitrogens with zero attached hydrogens (tertiary/aromatic N) is 6. The number of urea groups is 1. The molecule has 2 aliphatic heterocycles. The van der Waals surface area contributed by atoms with Crippen molar-refractivity contribution in [2.45, 2.75) is 6.04 Å². The van der Waals surface area contributed by atoms with Gasteiger partial charge in [-0.15, -0.1) is 15.3 Å². The molecule has 0 saturated carbocycles. The Kier molecular flexibility index (Phi) is 3.33. The third-order valence-corrected chi connectivity index (χ3v) is 4.86. The summed E-state index contributed by atoms with van der Waals surface area (Å²) in [5, 5.41) is 15.0. The van der Waals surface area contributed by atoms with Crippen molar-refractivity contribution in [3.63, 3.8) is 0 Å². The number of halogens is 1. The number of anilines is 1. The van der Waals surface area contributed by atoms with E-state index in [9.17, 15) is 14.0 Å². The largest absolute Gasteiger partial charge is 0.351 e. The van der Waals surface area contributed by atoms with Gasteiger partial charge in [-0.2, -0.15) is 4.52 Å². The second-order valence-electron chi connectivity index (χ2n) is 6.41. The zero-order valence-corrected chi connectivity index (χ0v) is 14.0. The Hall–Kier alpha value is -3.56. The van der Waals surface area contributed by atoms with Gasteiger partial charge in [0.05, 0.1) is 5.56 Å². The van der Waals surface area contributed by atoms with Gasteiger partial charge < -0.3 is 9.80 Å². The highest BCUT2D eigenvalue weighted by Gasteiger charge is 2.42. The normalized spacial score (nSPS) is 19.5. The number of nitrogens with one attached hydrogen (secondary N) is 1. The van der Waals surface area contributed by atoms with Crippen LogP contribution in [0, 0.1) is 5.82 Å². The Morgan fingerprint density at radius 1 is 1.07 bits per heavy atom. The maximum absolute atomic E-state index is 14.2. The summed E-state index contributed by atoms with van der Waals surface area (Å²) in [5.74, 6) is 0.194. The number of piperazine rings is 1. The van der Waals surface area contributed by atoms with E-state index in [1.807, 2.05) is 4.90 Å². The quantitative estimate of drug-likeness (QED) is 0.669. The maximum Gasteiger partial charge on any atom is 0.324 e. The summed E-state index contributed by atoms with van der Waals surface area (Å²) in [5.41, 5.74) is 0.796. The topological polar surface area (TPSA) is 95.7 Å². The third-order valence-electron chi connectivity index (χ3n) is 4.86. The molecule has 2 aromatic heterocycles. The fourth-order valence-corrected chi connectivity index (χ4v) is 3.48. The van der Waals surface area contributed by atoms with Crippen molar-refractivity contribution in [1.82, 2.24) is 30.0 Å². The number of aromatic nitrogens is 4. The van der Waals surface area contributed by atoms with Crippen molar-refractivity contribution in [2.24, 2.45) is 0 Å². The number of amides is 3. The number of carbonyl (C=O) groups excluding carboxylic acids is 2. The van der Waals surface area contributed by atoms with Gasteiger partial charge in [0.15, 0.2) is 11.5 Å². The lowest BCUT2D eigenvalue weighted by Crippen LogP contribution is -2.53. The maximum atomic E-state index is 14.2. The highest BCUT2D eigenvalue weighted by Crippen LogP contribution is 2.24. The van der Waals surface area contributed by atoms with Crippen LogP contribution in [0.2, 0.25) is 0 Å². The first-order chi connectivity index (χ1) is 13.1. The first-order valence-corrected chi connectivity index (χ1v) is 8.45. The molecule has 0 spiro atoms. The second kappa shape index (κ2) is 5.73. The molecule has 136 valence electrons. The molecule has 2 aliphatic rings. The van der Waals surface area contributed by atoms with Gasteiger partial charge in [0.25, 0.3) is 5.91 Å². The van der Waals surface area contributed by atoms with Gasteiger partial charge in [0.1, 0.15) is 17.7 Å².